The number of Topliss-reactive ketones (excluding diaryl/α,β-unsaturated/α-hetero) is 2. The van der Waals surface area contributed by atoms with Gasteiger partial charge >= 0.3 is 0 Å². The van der Waals surface area contributed by atoms with Crippen LogP contribution in [-0.4, -0.2) is 112 Å². The molecule has 5 rings (SSSR count). The number of methoxy groups -OCH3 is 1. The van der Waals surface area contributed by atoms with Crippen molar-refractivity contribution in [3.05, 3.63) is 39.9 Å². The first-order chi connectivity index (χ1) is 20.2. The van der Waals surface area contributed by atoms with Crippen LogP contribution in [0.2, 0.25) is 0 Å². The van der Waals surface area contributed by atoms with E-state index in [0.717, 1.165) is 18.9 Å². The number of benzene rings is 1. The van der Waals surface area contributed by atoms with Crippen LogP contribution in [0.15, 0.2) is 23.0 Å². The third-order valence-electron chi connectivity index (χ3n) is 9.15. The van der Waals surface area contributed by atoms with Crippen LogP contribution >= 0.6 is 0 Å². The van der Waals surface area contributed by atoms with Gasteiger partial charge in [-0.05, 0) is 52.2 Å². The molecular weight excluding hydrogens is 567 g/mol. The molecule has 232 valence electrons. The summed E-state index contributed by atoms with van der Waals surface area (Å²) in [5.41, 5.74) is 0.290. The van der Waals surface area contributed by atoms with Gasteiger partial charge in [0.05, 0.1) is 30.4 Å². The number of amides is 2. The molecule has 1 aromatic carbocycles. The fourth-order valence-corrected chi connectivity index (χ4v) is 7.22. The summed E-state index contributed by atoms with van der Waals surface area (Å²) in [6.45, 7) is 1.05. The highest BCUT2D eigenvalue weighted by molar-refractivity contribution is 6.24. The number of halogens is 1. The van der Waals surface area contributed by atoms with E-state index in [1.54, 1.807) is 7.11 Å². The number of aliphatic hydroxyl groups is 3. The molecular formula is C29H35FN4O9. The van der Waals surface area contributed by atoms with Gasteiger partial charge in [-0.15, -0.1) is 0 Å². The first-order valence-electron chi connectivity index (χ1n) is 14.0. The van der Waals surface area contributed by atoms with Gasteiger partial charge in [0.15, 0.2) is 17.1 Å². The summed E-state index contributed by atoms with van der Waals surface area (Å²) in [6, 6.07) is -0.278. The van der Waals surface area contributed by atoms with Crippen molar-refractivity contribution in [2.45, 2.75) is 43.4 Å². The lowest BCUT2D eigenvalue weighted by molar-refractivity contribution is -0.153. The number of likely N-dealkylation sites (N-methyl/N-ethyl adjacent to an activating group) is 1. The SMILES string of the molecule is COC[C@@H]1CCCN1CC(=O)Nc1cc(F)c2c(c1O)C(O)=C1C(=O)[C@]3(O)C(O)=C(C(N)=O)C(=O)[C@@H](N(C)C)[C@@H]3C[C@@H]1C2. The molecule has 1 heterocycles. The van der Waals surface area contributed by atoms with Crippen LogP contribution in [0.25, 0.3) is 5.76 Å². The van der Waals surface area contributed by atoms with Crippen LogP contribution in [0, 0.1) is 17.7 Å². The van der Waals surface area contributed by atoms with Crippen molar-refractivity contribution >= 4 is 34.8 Å². The zero-order chi connectivity index (χ0) is 31.5. The lowest BCUT2D eigenvalue weighted by Crippen LogP contribution is -2.65. The Labute approximate surface area is 246 Å². The Morgan fingerprint density at radius 1 is 1.26 bits per heavy atom. The number of likely N-dealkylation sites (tertiary alicyclic amines) is 1. The highest BCUT2D eigenvalue weighted by atomic mass is 19.1. The standard InChI is InChI=1S/C29H35FN4O9/c1-33(2)22-15-8-12-7-14-16(30)9-17(32-18(35)10-34-6-4-5-13(34)11-43-3)23(36)20(14)24(37)19(12)26(39)29(15,42)27(40)21(25(22)38)28(31)41/h9,12-13,15,22,36-37,40,42H,4-8,10-11H2,1-3H3,(H2,31,41)(H,32,35)/t12-,13-,15-,22-,29-/m0/s1. The summed E-state index contributed by atoms with van der Waals surface area (Å²) in [5, 5.41) is 47.5. The third-order valence-corrected chi connectivity index (χ3v) is 9.15. The second kappa shape index (κ2) is 11.0. The third kappa shape index (κ3) is 4.69. The zero-order valence-corrected chi connectivity index (χ0v) is 24.0. The zero-order valence-electron chi connectivity index (χ0n) is 24.0. The van der Waals surface area contributed by atoms with Crippen LogP contribution in [0.1, 0.15) is 30.4 Å². The van der Waals surface area contributed by atoms with Crippen molar-refractivity contribution in [3.63, 3.8) is 0 Å². The number of phenolic OH excluding ortho intramolecular Hbond substituents is 1. The van der Waals surface area contributed by atoms with Gasteiger partial charge in [0.1, 0.15) is 22.9 Å². The lowest BCUT2D eigenvalue weighted by atomic mass is 9.57. The van der Waals surface area contributed by atoms with Crippen molar-refractivity contribution in [1.82, 2.24) is 9.80 Å². The van der Waals surface area contributed by atoms with E-state index in [4.69, 9.17) is 10.5 Å². The monoisotopic (exact) mass is 602 g/mol. The van der Waals surface area contributed by atoms with E-state index in [-0.39, 0.29) is 36.7 Å². The Hall–Kier alpha value is -3.85. The number of nitrogens with two attached hydrogens (primary N) is 1. The number of primary amides is 1. The van der Waals surface area contributed by atoms with E-state index in [2.05, 4.69) is 5.32 Å². The summed E-state index contributed by atoms with van der Waals surface area (Å²) in [5.74, 6) is -9.75. The predicted octanol–water partition coefficient (Wildman–Crippen LogP) is 0.152. The van der Waals surface area contributed by atoms with Crippen molar-refractivity contribution in [3.8, 4) is 5.75 Å². The van der Waals surface area contributed by atoms with Crippen LogP contribution < -0.4 is 11.1 Å². The fraction of sp³-hybridized carbons (Fsp3) is 0.517. The van der Waals surface area contributed by atoms with Crippen LogP contribution in [-0.2, 0) is 30.3 Å². The molecule has 0 aromatic heterocycles. The van der Waals surface area contributed by atoms with Crippen molar-refractivity contribution in [2.75, 3.05) is 46.2 Å². The molecule has 1 saturated carbocycles. The molecule has 43 heavy (non-hydrogen) atoms. The largest absolute Gasteiger partial charge is 0.508 e. The van der Waals surface area contributed by atoms with Gasteiger partial charge in [-0.3, -0.25) is 29.0 Å². The Bertz CT molecular complexity index is 1490. The van der Waals surface area contributed by atoms with Gasteiger partial charge in [0.2, 0.25) is 11.7 Å². The molecule has 0 spiro atoms. The molecule has 7 N–H and O–H groups in total. The number of aromatic hydroxyl groups is 1. The quantitative estimate of drug-likeness (QED) is 0.183. The van der Waals surface area contributed by atoms with Crippen LogP contribution in [0.5, 0.6) is 5.75 Å². The number of ketones is 2. The molecule has 1 aromatic rings. The average Bonchev–Trinajstić information content (AvgIpc) is 3.35. The predicted molar refractivity (Wildman–Crippen MR) is 149 cm³/mol. The fourth-order valence-electron chi connectivity index (χ4n) is 7.22. The molecule has 0 radical (unpaired) electrons. The number of aliphatic hydroxyl groups excluding tert-OH is 2. The summed E-state index contributed by atoms with van der Waals surface area (Å²) < 4.78 is 20.7. The number of rotatable bonds is 7. The number of ether oxygens (including phenoxy) is 1. The number of fused-ring (bicyclic) bond motifs is 3. The minimum Gasteiger partial charge on any atom is -0.508 e. The van der Waals surface area contributed by atoms with Crippen molar-refractivity contribution in [2.24, 2.45) is 17.6 Å². The molecule has 1 aliphatic heterocycles. The molecule has 0 unspecified atom stereocenters. The molecule has 0 bridgehead atoms. The topological polar surface area (TPSA) is 203 Å². The van der Waals surface area contributed by atoms with Crippen LogP contribution in [0.3, 0.4) is 0 Å². The van der Waals surface area contributed by atoms with Crippen molar-refractivity contribution < 1.29 is 48.7 Å². The first kappa shape index (κ1) is 30.6. The van der Waals surface area contributed by atoms with Gasteiger partial charge in [-0.2, -0.15) is 0 Å². The van der Waals surface area contributed by atoms with E-state index in [9.17, 15) is 39.6 Å². The van der Waals surface area contributed by atoms with Gasteiger partial charge in [-0.25, -0.2) is 4.39 Å². The second-order valence-electron chi connectivity index (χ2n) is 11.8. The number of carbonyl (C=O) groups is 4. The lowest BCUT2D eigenvalue weighted by Gasteiger charge is -2.50. The maximum atomic E-state index is 15.5. The Morgan fingerprint density at radius 2 is 1.95 bits per heavy atom. The Kier molecular flexibility index (Phi) is 7.84. The molecule has 3 aliphatic carbocycles. The van der Waals surface area contributed by atoms with E-state index in [1.165, 1.54) is 19.0 Å². The number of nitrogens with one attached hydrogen (secondary N) is 1. The average molecular weight is 603 g/mol. The number of carbonyl (C=O) groups excluding carboxylic acids is 4. The highest BCUT2D eigenvalue weighted by Crippen LogP contribution is 2.53. The van der Waals surface area contributed by atoms with E-state index >= 15 is 4.39 Å². The number of anilines is 1. The summed E-state index contributed by atoms with van der Waals surface area (Å²) in [6.07, 6.45) is 1.36. The molecule has 2 amide bonds. The van der Waals surface area contributed by atoms with E-state index < -0.39 is 86.7 Å². The summed E-state index contributed by atoms with van der Waals surface area (Å²) in [7, 11) is 4.54. The molecule has 5 atom stereocenters. The smallest absolute Gasteiger partial charge is 0.255 e. The van der Waals surface area contributed by atoms with Gasteiger partial charge < -0.3 is 36.2 Å². The second-order valence-corrected chi connectivity index (χ2v) is 11.8. The molecule has 1 saturated heterocycles. The summed E-state index contributed by atoms with van der Waals surface area (Å²) >= 11 is 0. The number of hydrogen-bond acceptors (Lipinski definition) is 11. The Balaban J connectivity index is 1.54. The highest BCUT2D eigenvalue weighted by Gasteiger charge is 2.64. The van der Waals surface area contributed by atoms with Gasteiger partial charge in [-0.1, -0.05) is 0 Å². The molecule has 4 aliphatic rings. The maximum absolute atomic E-state index is 15.5. The van der Waals surface area contributed by atoms with Gasteiger partial charge in [0, 0.05) is 36.3 Å². The van der Waals surface area contributed by atoms with E-state index in [0.29, 0.717) is 13.2 Å². The molecule has 13 nitrogen and oxygen atoms in total. The number of nitrogens with zero attached hydrogens (tertiary/aromatic N) is 2. The van der Waals surface area contributed by atoms with Crippen molar-refractivity contribution in [1.29, 1.82) is 0 Å². The molecule has 14 heteroatoms. The first-order valence-corrected chi connectivity index (χ1v) is 14.0. The number of phenols is 1. The normalized spacial score (nSPS) is 29.1. The Morgan fingerprint density at radius 3 is 2.58 bits per heavy atom. The number of hydrogen-bond donors (Lipinski definition) is 6. The van der Waals surface area contributed by atoms with E-state index in [1.807, 2.05) is 4.90 Å². The maximum Gasteiger partial charge on any atom is 0.255 e. The minimum atomic E-state index is -2.81. The van der Waals surface area contributed by atoms with Gasteiger partial charge in [0.25, 0.3) is 5.91 Å². The molecule has 2 fully saturated rings. The minimum absolute atomic E-state index is 0.0324. The van der Waals surface area contributed by atoms with Crippen LogP contribution in [0.4, 0.5) is 10.1 Å². The summed E-state index contributed by atoms with van der Waals surface area (Å²) in [4.78, 5) is 55.3.